The molecule has 0 fully saturated rings. The van der Waals surface area contributed by atoms with Crippen molar-refractivity contribution in [3.05, 3.63) is 37.1 Å². The quantitative estimate of drug-likeness (QED) is 0.585. The fourth-order valence-electron chi connectivity index (χ4n) is 0.364. The van der Waals surface area contributed by atoms with Crippen LogP contribution in [0.15, 0.2) is 37.1 Å². The van der Waals surface area contributed by atoms with E-state index >= 15 is 0 Å². The van der Waals surface area contributed by atoms with Crippen molar-refractivity contribution >= 4 is 5.91 Å². The van der Waals surface area contributed by atoms with E-state index in [1.807, 2.05) is 0 Å². The lowest BCUT2D eigenvalue weighted by Crippen LogP contribution is -2.10. The maximum atomic E-state index is 10.3. The molecule has 2 heteroatoms. The van der Waals surface area contributed by atoms with Crippen molar-refractivity contribution in [2.75, 3.05) is 0 Å². The zero-order chi connectivity index (χ0) is 7.82. The van der Waals surface area contributed by atoms with E-state index < -0.39 is 0 Å². The van der Waals surface area contributed by atoms with Crippen molar-refractivity contribution in [2.45, 2.75) is 6.92 Å². The minimum Gasteiger partial charge on any atom is -0.333 e. The van der Waals surface area contributed by atoms with Crippen LogP contribution in [-0.4, -0.2) is 5.91 Å². The van der Waals surface area contributed by atoms with E-state index in [4.69, 9.17) is 0 Å². The maximum Gasteiger partial charge on any atom is 0.220 e. The van der Waals surface area contributed by atoms with Gasteiger partial charge >= 0.3 is 0 Å². The maximum absolute atomic E-state index is 10.3. The summed E-state index contributed by atoms with van der Waals surface area (Å²) < 4.78 is 0. The Balaban J connectivity index is 3.46. The van der Waals surface area contributed by atoms with Crippen molar-refractivity contribution < 1.29 is 4.79 Å². The van der Waals surface area contributed by atoms with Crippen LogP contribution in [0.3, 0.4) is 0 Å². The molecule has 0 aromatic rings. The summed E-state index contributed by atoms with van der Waals surface area (Å²) in [6.45, 7) is 4.95. The summed E-state index contributed by atoms with van der Waals surface area (Å²) in [6.07, 6.45) is 8.52. The molecule has 10 heavy (non-hydrogen) atoms. The van der Waals surface area contributed by atoms with E-state index in [9.17, 15) is 4.79 Å². The highest BCUT2D eigenvalue weighted by atomic mass is 16.1. The Bertz CT molecular complexity index is 168. The molecule has 0 saturated heterocycles. The Morgan fingerprint density at radius 2 is 2.10 bits per heavy atom. The van der Waals surface area contributed by atoms with Crippen LogP contribution >= 0.6 is 0 Å². The number of rotatable bonds is 3. The topological polar surface area (TPSA) is 29.1 Å². The summed E-state index contributed by atoms with van der Waals surface area (Å²) in [4.78, 5) is 10.3. The standard InChI is InChI=1S/C8H11NO/c1-3-4-5-6-7-9-8(2)10/h3-7H,1H2,2H3,(H,9,10)/b5-4-,7-6+. The van der Waals surface area contributed by atoms with Crippen LogP contribution in [-0.2, 0) is 4.79 Å². The van der Waals surface area contributed by atoms with Crippen LogP contribution in [0.4, 0.5) is 0 Å². The first-order valence-electron chi connectivity index (χ1n) is 2.98. The second-order valence-corrected chi connectivity index (χ2v) is 1.68. The van der Waals surface area contributed by atoms with Crippen LogP contribution in [0.25, 0.3) is 0 Å². The summed E-state index contributed by atoms with van der Waals surface area (Å²) in [7, 11) is 0. The predicted octanol–water partition coefficient (Wildman–Crippen LogP) is 1.38. The van der Waals surface area contributed by atoms with E-state index in [1.165, 1.54) is 6.92 Å². The molecular weight excluding hydrogens is 126 g/mol. The molecule has 54 valence electrons. The first-order chi connectivity index (χ1) is 4.77. The molecule has 0 saturated carbocycles. The Kier molecular flexibility index (Phi) is 5.06. The molecule has 1 N–H and O–H groups in total. The summed E-state index contributed by atoms with van der Waals surface area (Å²) >= 11 is 0. The summed E-state index contributed by atoms with van der Waals surface area (Å²) in [6, 6.07) is 0. The zero-order valence-corrected chi connectivity index (χ0v) is 6.00. The van der Waals surface area contributed by atoms with Gasteiger partial charge in [-0.25, -0.2) is 0 Å². The Hall–Kier alpha value is -1.31. The molecule has 0 aliphatic rings. The highest BCUT2D eigenvalue weighted by molar-refractivity contribution is 5.73. The van der Waals surface area contributed by atoms with Gasteiger partial charge in [0.25, 0.3) is 0 Å². The van der Waals surface area contributed by atoms with Crippen LogP contribution in [0, 0.1) is 0 Å². The fraction of sp³-hybridized carbons (Fsp3) is 0.125. The lowest BCUT2D eigenvalue weighted by atomic mass is 10.5. The third-order valence-corrected chi connectivity index (χ3v) is 0.741. The highest BCUT2D eigenvalue weighted by Gasteiger charge is 1.78. The van der Waals surface area contributed by atoms with Crippen molar-refractivity contribution in [2.24, 2.45) is 0 Å². The molecule has 0 aliphatic carbocycles. The van der Waals surface area contributed by atoms with Crippen molar-refractivity contribution in [1.29, 1.82) is 0 Å². The average molecular weight is 137 g/mol. The molecular formula is C8H11NO. The second kappa shape index (κ2) is 5.82. The molecule has 0 bridgehead atoms. The van der Waals surface area contributed by atoms with E-state index in [0.29, 0.717) is 0 Å². The van der Waals surface area contributed by atoms with E-state index in [0.717, 1.165) is 0 Å². The van der Waals surface area contributed by atoms with E-state index in [-0.39, 0.29) is 5.91 Å². The van der Waals surface area contributed by atoms with Gasteiger partial charge in [-0.05, 0) is 6.08 Å². The average Bonchev–Trinajstić information content (AvgIpc) is 1.87. The van der Waals surface area contributed by atoms with Gasteiger partial charge in [-0.1, -0.05) is 24.8 Å². The third-order valence-electron chi connectivity index (χ3n) is 0.741. The lowest BCUT2D eigenvalue weighted by Gasteiger charge is -1.86. The van der Waals surface area contributed by atoms with Crippen molar-refractivity contribution in [3.63, 3.8) is 0 Å². The van der Waals surface area contributed by atoms with E-state index in [1.54, 1.807) is 30.5 Å². The molecule has 0 rings (SSSR count). The smallest absolute Gasteiger partial charge is 0.220 e. The molecule has 0 unspecified atom stereocenters. The second-order valence-electron chi connectivity index (χ2n) is 1.68. The number of nitrogens with one attached hydrogen (secondary N) is 1. The van der Waals surface area contributed by atoms with Gasteiger partial charge < -0.3 is 5.32 Å². The SMILES string of the molecule is C=C/C=C\C=C\NC(C)=O. The van der Waals surface area contributed by atoms with Crippen LogP contribution < -0.4 is 5.32 Å². The monoisotopic (exact) mass is 137 g/mol. The zero-order valence-electron chi connectivity index (χ0n) is 6.00. The number of amides is 1. The summed E-state index contributed by atoms with van der Waals surface area (Å²) in [5.74, 6) is -0.0664. The summed E-state index contributed by atoms with van der Waals surface area (Å²) in [5.41, 5.74) is 0. The molecule has 0 spiro atoms. The summed E-state index contributed by atoms with van der Waals surface area (Å²) in [5, 5.41) is 2.50. The van der Waals surface area contributed by atoms with Gasteiger partial charge in [0, 0.05) is 13.1 Å². The molecule has 0 heterocycles. The minimum atomic E-state index is -0.0664. The largest absolute Gasteiger partial charge is 0.333 e. The van der Waals surface area contributed by atoms with Gasteiger partial charge in [-0.2, -0.15) is 0 Å². The van der Waals surface area contributed by atoms with Gasteiger partial charge in [-0.15, -0.1) is 0 Å². The number of carbonyl (C=O) groups excluding carboxylic acids is 1. The molecule has 1 amide bonds. The van der Waals surface area contributed by atoms with Crippen LogP contribution in [0.5, 0.6) is 0 Å². The van der Waals surface area contributed by atoms with E-state index in [2.05, 4.69) is 11.9 Å². The third kappa shape index (κ3) is 6.69. The first-order valence-corrected chi connectivity index (χ1v) is 2.98. The van der Waals surface area contributed by atoms with Gasteiger partial charge in [0.05, 0.1) is 0 Å². The lowest BCUT2D eigenvalue weighted by molar-refractivity contribution is -0.118. The Morgan fingerprint density at radius 3 is 2.60 bits per heavy atom. The normalized spacial score (nSPS) is 10.5. The fourth-order valence-corrected chi connectivity index (χ4v) is 0.364. The number of hydrogen-bond donors (Lipinski definition) is 1. The first kappa shape index (κ1) is 8.69. The van der Waals surface area contributed by atoms with Crippen LogP contribution in [0.1, 0.15) is 6.92 Å². The van der Waals surface area contributed by atoms with Gasteiger partial charge in [0.1, 0.15) is 0 Å². The molecule has 0 aromatic carbocycles. The number of allylic oxidation sites excluding steroid dienone is 4. The molecule has 0 atom stereocenters. The number of hydrogen-bond acceptors (Lipinski definition) is 1. The van der Waals surface area contributed by atoms with Crippen molar-refractivity contribution in [1.82, 2.24) is 5.32 Å². The minimum absolute atomic E-state index is 0.0664. The Morgan fingerprint density at radius 1 is 1.40 bits per heavy atom. The predicted molar refractivity (Wildman–Crippen MR) is 42.3 cm³/mol. The highest BCUT2D eigenvalue weighted by Crippen LogP contribution is 1.74. The molecule has 0 aliphatic heterocycles. The molecule has 0 radical (unpaired) electrons. The molecule has 2 nitrogen and oxygen atoms in total. The van der Waals surface area contributed by atoms with Gasteiger partial charge in [-0.3, -0.25) is 4.79 Å². The van der Waals surface area contributed by atoms with Gasteiger partial charge in [0.15, 0.2) is 0 Å². The Labute approximate surface area is 60.9 Å². The van der Waals surface area contributed by atoms with Crippen molar-refractivity contribution in [3.8, 4) is 0 Å². The number of carbonyl (C=O) groups is 1. The molecule has 0 aromatic heterocycles. The van der Waals surface area contributed by atoms with Crippen LogP contribution in [0.2, 0.25) is 0 Å². The van der Waals surface area contributed by atoms with Gasteiger partial charge in [0.2, 0.25) is 5.91 Å².